The molecule has 0 aliphatic heterocycles. The summed E-state index contributed by atoms with van der Waals surface area (Å²) in [6.45, 7) is 4.46. The summed E-state index contributed by atoms with van der Waals surface area (Å²) >= 11 is 0. The van der Waals surface area contributed by atoms with Gasteiger partial charge in [0.05, 0.1) is 6.04 Å². The van der Waals surface area contributed by atoms with Crippen LogP contribution in [0.15, 0.2) is 36.7 Å². The minimum absolute atomic E-state index is 0.155. The van der Waals surface area contributed by atoms with Crippen LogP contribution in [-0.4, -0.2) is 9.55 Å². The van der Waals surface area contributed by atoms with Crippen LogP contribution in [0.5, 0.6) is 0 Å². The van der Waals surface area contributed by atoms with Crippen LogP contribution in [0.25, 0.3) is 0 Å². The van der Waals surface area contributed by atoms with Crippen molar-refractivity contribution in [2.45, 2.75) is 26.3 Å². The fourth-order valence-corrected chi connectivity index (χ4v) is 2.21. The van der Waals surface area contributed by atoms with Gasteiger partial charge in [-0.05, 0) is 23.5 Å². The third-order valence-electron chi connectivity index (χ3n) is 3.09. The maximum absolute atomic E-state index is 6.28. The predicted molar refractivity (Wildman–Crippen MR) is 74.2 cm³/mol. The summed E-state index contributed by atoms with van der Waals surface area (Å²) in [6, 6.07) is 8.35. The lowest BCUT2D eigenvalue weighted by Gasteiger charge is -2.14. The van der Waals surface area contributed by atoms with Crippen molar-refractivity contribution in [1.29, 1.82) is 0 Å². The molecule has 18 heavy (non-hydrogen) atoms. The number of benzene rings is 1. The molecule has 0 saturated carbocycles. The lowest BCUT2D eigenvalue weighted by molar-refractivity contribution is 0.645. The Hall–Kier alpha value is -1.61. The Morgan fingerprint density at radius 3 is 2.72 bits per heavy atom. The summed E-state index contributed by atoms with van der Waals surface area (Å²) < 4.78 is 1.97. The molecular formula is C15H21N3. The maximum Gasteiger partial charge on any atom is 0.129 e. The lowest BCUT2D eigenvalue weighted by Crippen LogP contribution is -2.16. The van der Waals surface area contributed by atoms with Crippen LogP contribution < -0.4 is 5.73 Å². The minimum Gasteiger partial charge on any atom is -0.336 e. The molecule has 1 aromatic heterocycles. The van der Waals surface area contributed by atoms with E-state index in [-0.39, 0.29) is 6.04 Å². The van der Waals surface area contributed by atoms with E-state index in [2.05, 4.69) is 43.1 Å². The van der Waals surface area contributed by atoms with Gasteiger partial charge in [-0.1, -0.05) is 38.1 Å². The van der Waals surface area contributed by atoms with Crippen molar-refractivity contribution in [3.63, 3.8) is 0 Å². The third kappa shape index (κ3) is 2.79. The van der Waals surface area contributed by atoms with Gasteiger partial charge in [0.25, 0.3) is 0 Å². The molecule has 2 rings (SSSR count). The predicted octanol–water partition coefficient (Wildman–Crippen LogP) is 2.67. The lowest BCUT2D eigenvalue weighted by atomic mass is 9.98. The van der Waals surface area contributed by atoms with Crippen LogP contribution >= 0.6 is 0 Å². The van der Waals surface area contributed by atoms with E-state index in [1.54, 1.807) is 6.20 Å². The molecule has 0 radical (unpaired) electrons. The molecule has 3 nitrogen and oxygen atoms in total. The molecule has 1 heterocycles. The summed E-state index contributed by atoms with van der Waals surface area (Å²) in [5, 5.41) is 0. The molecule has 0 fully saturated rings. The second kappa shape index (κ2) is 5.36. The molecule has 0 aliphatic carbocycles. The highest BCUT2D eigenvalue weighted by molar-refractivity contribution is 5.29. The van der Waals surface area contributed by atoms with E-state index >= 15 is 0 Å². The van der Waals surface area contributed by atoms with Crippen LogP contribution in [0.4, 0.5) is 0 Å². The second-order valence-electron chi connectivity index (χ2n) is 5.22. The Balaban J connectivity index is 2.25. The molecule has 0 amide bonds. The first kappa shape index (κ1) is 12.8. The van der Waals surface area contributed by atoms with Crippen LogP contribution in [0.2, 0.25) is 0 Å². The van der Waals surface area contributed by atoms with Crippen molar-refractivity contribution in [3.8, 4) is 0 Å². The van der Waals surface area contributed by atoms with Gasteiger partial charge in [0.2, 0.25) is 0 Å². The molecule has 0 saturated heterocycles. The van der Waals surface area contributed by atoms with Crippen LogP contribution in [-0.2, 0) is 13.5 Å². The molecule has 96 valence electrons. The van der Waals surface area contributed by atoms with Crippen molar-refractivity contribution >= 4 is 0 Å². The summed E-state index contributed by atoms with van der Waals surface area (Å²) in [4.78, 5) is 4.32. The van der Waals surface area contributed by atoms with Gasteiger partial charge in [-0.15, -0.1) is 0 Å². The van der Waals surface area contributed by atoms with Crippen molar-refractivity contribution in [1.82, 2.24) is 9.55 Å². The summed E-state index contributed by atoms with van der Waals surface area (Å²) in [7, 11) is 1.97. The summed E-state index contributed by atoms with van der Waals surface area (Å²) in [5.74, 6) is 1.56. The van der Waals surface area contributed by atoms with Crippen molar-refractivity contribution in [2.75, 3.05) is 0 Å². The number of aryl methyl sites for hydroxylation is 1. The molecule has 2 N–H and O–H groups in total. The topological polar surface area (TPSA) is 43.8 Å². The Morgan fingerprint density at radius 2 is 2.11 bits per heavy atom. The van der Waals surface area contributed by atoms with Gasteiger partial charge in [-0.2, -0.15) is 0 Å². The van der Waals surface area contributed by atoms with E-state index in [0.717, 1.165) is 17.8 Å². The van der Waals surface area contributed by atoms with Crippen molar-refractivity contribution in [3.05, 3.63) is 53.6 Å². The van der Waals surface area contributed by atoms with Crippen LogP contribution in [0, 0.1) is 5.92 Å². The Morgan fingerprint density at radius 1 is 1.33 bits per heavy atom. The van der Waals surface area contributed by atoms with Gasteiger partial charge in [0, 0.05) is 19.4 Å². The standard InChI is InChI=1S/C15H21N3/c1-11(2)9-12-5-4-6-13(10-12)14(16)15-17-7-8-18(15)3/h4-8,10-11,14H,9,16H2,1-3H3. The fourth-order valence-electron chi connectivity index (χ4n) is 2.21. The van der Waals surface area contributed by atoms with Crippen LogP contribution in [0.3, 0.4) is 0 Å². The third-order valence-corrected chi connectivity index (χ3v) is 3.09. The SMILES string of the molecule is CC(C)Cc1cccc(C(N)c2nccn2C)c1. The monoisotopic (exact) mass is 243 g/mol. The summed E-state index contributed by atoms with van der Waals surface area (Å²) in [5.41, 5.74) is 8.75. The largest absolute Gasteiger partial charge is 0.336 e. The number of aromatic nitrogens is 2. The maximum atomic E-state index is 6.28. The Bertz CT molecular complexity index is 514. The first-order chi connectivity index (χ1) is 8.58. The van der Waals surface area contributed by atoms with Gasteiger partial charge in [-0.25, -0.2) is 4.98 Å². The molecule has 1 atom stereocenters. The fraction of sp³-hybridized carbons (Fsp3) is 0.400. The Labute approximate surface area is 109 Å². The molecule has 0 aliphatic rings. The zero-order chi connectivity index (χ0) is 13.1. The molecular weight excluding hydrogens is 222 g/mol. The van der Waals surface area contributed by atoms with Crippen molar-refractivity contribution in [2.24, 2.45) is 18.7 Å². The molecule has 1 unspecified atom stereocenters. The quantitative estimate of drug-likeness (QED) is 0.897. The second-order valence-corrected chi connectivity index (χ2v) is 5.22. The molecule has 3 heteroatoms. The van der Waals surface area contributed by atoms with E-state index in [1.165, 1.54) is 5.56 Å². The van der Waals surface area contributed by atoms with E-state index in [9.17, 15) is 0 Å². The summed E-state index contributed by atoms with van der Waals surface area (Å²) in [6.07, 6.45) is 4.79. The first-order valence-electron chi connectivity index (χ1n) is 6.39. The zero-order valence-electron chi connectivity index (χ0n) is 11.3. The average molecular weight is 243 g/mol. The highest BCUT2D eigenvalue weighted by atomic mass is 15.1. The smallest absolute Gasteiger partial charge is 0.129 e. The number of hydrogen-bond donors (Lipinski definition) is 1. The highest BCUT2D eigenvalue weighted by Crippen LogP contribution is 2.20. The molecule has 0 bridgehead atoms. The van der Waals surface area contributed by atoms with Crippen LogP contribution in [0.1, 0.15) is 36.8 Å². The minimum atomic E-state index is -0.155. The van der Waals surface area contributed by atoms with Gasteiger partial charge in [0.15, 0.2) is 0 Å². The number of imidazole rings is 1. The van der Waals surface area contributed by atoms with E-state index in [4.69, 9.17) is 5.73 Å². The first-order valence-corrected chi connectivity index (χ1v) is 6.39. The Kier molecular flexibility index (Phi) is 3.82. The number of nitrogens with zero attached hydrogens (tertiary/aromatic N) is 2. The van der Waals surface area contributed by atoms with Gasteiger partial charge >= 0.3 is 0 Å². The number of hydrogen-bond acceptors (Lipinski definition) is 2. The molecule has 2 aromatic rings. The van der Waals surface area contributed by atoms with Gasteiger partial charge < -0.3 is 10.3 Å². The molecule has 0 spiro atoms. The van der Waals surface area contributed by atoms with E-state index in [0.29, 0.717) is 5.92 Å². The van der Waals surface area contributed by atoms with Crippen molar-refractivity contribution < 1.29 is 0 Å². The van der Waals surface area contributed by atoms with E-state index in [1.807, 2.05) is 17.8 Å². The number of rotatable bonds is 4. The zero-order valence-corrected chi connectivity index (χ0v) is 11.3. The van der Waals surface area contributed by atoms with E-state index < -0.39 is 0 Å². The molecule has 1 aromatic carbocycles. The van der Waals surface area contributed by atoms with Gasteiger partial charge in [-0.3, -0.25) is 0 Å². The number of nitrogens with two attached hydrogens (primary N) is 1. The highest BCUT2D eigenvalue weighted by Gasteiger charge is 2.13. The average Bonchev–Trinajstić information content (AvgIpc) is 2.74. The normalized spacial score (nSPS) is 12.9. The van der Waals surface area contributed by atoms with Gasteiger partial charge in [0.1, 0.15) is 5.82 Å².